The van der Waals surface area contributed by atoms with Crippen molar-refractivity contribution in [2.45, 2.75) is 51.1 Å². The fourth-order valence-electron chi connectivity index (χ4n) is 2.86. The molecule has 1 saturated carbocycles. The zero-order valence-corrected chi connectivity index (χ0v) is 13.9. The molecule has 118 valence electrons. The van der Waals surface area contributed by atoms with Gasteiger partial charge in [-0.15, -0.1) is 12.4 Å². The maximum Gasteiger partial charge on any atom is 0.220 e. The number of carbonyl (C=O) groups is 1. The van der Waals surface area contributed by atoms with E-state index in [1.165, 1.54) is 12.8 Å². The van der Waals surface area contributed by atoms with Crippen molar-refractivity contribution in [2.24, 2.45) is 11.7 Å². The molecule has 21 heavy (non-hydrogen) atoms. The quantitative estimate of drug-likeness (QED) is 0.880. The summed E-state index contributed by atoms with van der Waals surface area (Å²) in [6.07, 6.45) is 5.05. The summed E-state index contributed by atoms with van der Waals surface area (Å²) in [5.41, 5.74) is 7.16. The van der Waals surface area contributed by atoms with E-state index in [9.17, 15) is 4.79 Å². The van der Waals surface area contributed by atoms with Crippen LogP contribution < -0.4 is 11.1 Å². The lowest BCUT2D eigenvalue weighted by Crippen LogP contribution is -2.37. The minimum absolute atomic E-state index is 0. The van der Waals surface area contributed by atoms with Gasteiger partial charge in [0.05, 0.1) is 6.04 Å². The highest BCUT2D eigenvalue weighted by molar-refractivity contribution is 6.30. The number of nitrogens with two attached hydrogens (primary N) is 1. The second-order valence-electron chi connectivity index (χ2n) is 5.75. The Bertz CT molecular complexity index is 450. The third-order valence-corrected chi connectivity index (χ3v) is 4.41. The Hall–Kier alpha value is -0.770. The van der Waals surface area contributed by atoms with Gasteiger partial charge in [0.2, 0.25) is 5.91 Å². The Balaban J connectivity index is 0.00000220. The van der Waals surface area contributed by atoms with Gasteiger partial charge < -0.3 is 11.1 Å². The molecule has 1 fully saturated rings. The van der Waals surface area contributed by atoms with E-state index in [0.29, 0.717) is 17.4 Å². The third kappa shape index (κ3) is 5.50. The molecule has 3 atom stereocenters. The van der Waals surface area contributed by atoms with Crippen molar-refractivity contribution in [1.82, 2.24) is 5.32 Å². The summed E-state index contributed by atoms with van der Waals surface area (Å²) in [7, 11) is 0. The summed E-state index contributed by atoms with van der Waals surface area (Å²) in [4.78, 5) is 12.1. The molecule has 3 unspecified atom stereocenters. The van der Waals surface area contributed by atoms with Gasteiger partial charge in [0.15, 0.2) is 0 Å². The standard InChI is InChI=1S/C16H23ClN2O.ClH/c1-11(12-6-8-14(17)9-7-12)19-16(20)10-13-4-2-3-5-15(13)18;/h6-9,11,13,15H,2-5,10,18H2,1H3,(H,19,20);1H. The van der Waals surface area contributed by atoms with Gasteiger partial charge in [-0.1, -0.05) is 36.6 Å². The predicted octanol–water partition coefficient (Wildman–Crippen LogP) is 3.85. The van der Waals surface area contributed by atoms with Crippen LogP contribution in [0, 0.1) is 5.92 Å². The van der Waals surface area contributed by atoms with E-state index in [2.05, 4.69) is 5.32 Å². The SMILES string of the molecule is CC(NC(=O)CC1CCCCC1N)c1ccc(Cl)cc1.Cl. The monoisotopic (exact) mass is 330 g/mol. The number of benzene rings is 1. The second kappa shape index (κ2) is 8.62. The number of hydrogen-bond donors (Lipinski definition) is 2. The number of hydrogen-bond acceptors (Lipinski definition) is 2. The topological polar surface area (TPSA) is 55.1 Å². The first-order valence-corrected chi connectivity index (χ1v) is 7.74. The van der Waals surface area contributed by atoms with E-state index in [0.717, 1.165) is 18.4 Å². The number of rotatable bonds is 4. The Labute approximate surface area is 138 Å². The molecule has 0 spiro atoms. The van der Waals surface area contributed by atoms with E-state index in [-0.39, 0.29) is 30.4 Å². The third-order valence-electron chi connectivity index (χ3n) is 4.16. The second-order valence-corrected chi connectivity index (χ2v) is 6.19. The summed E-state index contributed by atoms with van der Waals surface area (Å²) in [5.74, 6) is 0.427. The number of nitrogens with one attached hydrogen (secondary N) is 1. The Kier molecular flexibility index (Phi) is 7.50. The number of halogens is 2. The highest BCUT2D eigenvalue weighted by Crippen LogP contribution is 2.26. The Morgan fingerprint density at radius 3 is 2.57 bits per heavy atom. The van der Waals surface area contributed by atoms with Crippen molar-refractivity contribution < 1.29 is 4.79 Å². The largest absolute Gasteiger partial charge is 0.350 e. The molecule has 3 N–H and O–H groups in total. The first kappa shape index (κ1) is 18.3. The zero-order valence-electron chi connectivity index (χ0n) is 12.3. The molecular formula is C16H24Cl2N2O. The van der Waals surface area contributed by atoms with Crippen molar-refractivity contribution in [3.63, 3.8) is 0 Å². The lowest BCUT2D eigenvalue weighted by molar-refractivity contribution is -0.123. The molecule has 1 aromatic carbocycles. The molecule has 1 aliphatic rings. The molecule has 1 amide bonds. The molecule has 0 heterocycles. The van der Waals surface area contributed by atoms with Gasteiger partial charge in [-0.05, 0) is 43.4 Å². The first-order valence-electron chi connectivity index (χ1n) is 7.36. The normalized spacial score (nSPS) is 23.0. The summed E-state index contributed by atoms with van der Waals surface area (Å²) >= 11 is 5.87. The van der Waals surface area contributed by atoms with Crippen LogP contribution in [0.15, 0.2) is 24.3 Å². The van der Waals surface area contributed by atoms with Crippen molar-refractivity contribution in [3.8, 4) is 0 Å². The Morgan fingerprint density at radius 2 is 1.95 bits per heavy atom. The van der Waals surface area contributed by atoms with Crippen LogP contribution in [-0.4, -0.2) is 11.9 Å². The Morgan fingerprint density at radius 1 is 1.33 bits per heavy atom. The van der Waals surface area contributed by atoms with Gasteiger partial charge in [-0.2, -0.15) is 0 Å². The summed E-state index contributed by atoms with van der Waals surface area (Å²) in [6, 6.07) is 7.76. The van der Waals surface area contributed by atoms with E-state index in [1.54, 1.807) is 0 Å². The molecule has 0 aromatic heterocycles. The van der Waals surface area contributed by atoms with E-state index < -0.39 is 0 Å². The fourth-order valence-corrected chi connectivity index (χ4v) is 2.99. The molecular weight excluding hydrogens is 307 g/mol. The minimum Gasteiger partial charge on any atom is -0.350 e. The van der Waals surface area contributed by atoms with Crippen LogP contribution in [0.3, 0.4) is 0 Å². The van der Waals surface area contributed by atoms with E-state index in [1.807, 2.05) is 31.2 Å². The molecule has 0 aliphatic heterocycles. The van der Waals surface area contributed by atoms with Crippen molar-refractivity contribution in [1.29, 1.82) is 0 Å². The van der Waals surface area contributed by atoms with Crippen LogP contribution in [0.1, 0.15) is 50.6 Å². The molecule has 0 saturated heterocycles. The van der Waals surface area contributed by atoms with Crippen LogP contribution >= 0.6 is 24.0 Å². The summed E-state index contributed by atoms with van der Waals surface area (Å²) in [5, 5.41) is 3.75. The highest BCUT2D eigenvalue weighted by atomic mass is 35.5. The van der Waals surface area contributed by atoms with Crippen molar-refractivity contribution >= 4 is 29.9 Å². The first-order chi connectivity index (χ1) is 9.56. The van der Waals surface area contributed by atoms with Crippen molar-refractivity contribution in [3.05, 3.63) is 34.9 Å². The fraction of sp³-hybridized carbons (Fsp3) is 0.562. The molecule has 5 heteroatoms. The molecule has 1 aromatic rings. The van der Waals surface area contributed by atoms with Crippen molar-refractivity contribution in [2.75, 3.05) is 0 Å². The maximum absolute atomic E-state index is 12.1. The van der Waals surface area contributed by atoms with Crippen LogP contribution in [-0.2, 0) is 4.79 Å². The van der Waals surface area contributed by atoms with Gasteiger partial charge in [-0.3, -0.25) is 4.79 Å². The summed E-state index contributed by atoms with van der Waals surface area (Å²) in [6.45, 7) is 1.99. The number of carbonyl (C=O) groups excluding carboxylic acids is 1. The highest BCUT2D eigenvalue weighted by Gasteiger charge is 2.24. The molecule has 0 bridgehead atoms. The lowest BCUT2D eigenvalue weighted by atomic mass is 9.83. The molecule has 3 nitrogen and oxygen atoms in total. The zero-order chi connectivity index (χ0) is 14.5. The predicted molar refractivity (Wildman–Crippen MR) is 89.8 cm³/mol. The van der Waals surface area contributed by atoms with Gasteiger partial charge in [0.25, 0.3) is 0 Å². The molecule has 1 aliphatic carbocycles. The van der Waals surface area contributed by atoms with Gasteiger partial charge in [-0.25, -0.2) is 0 Å². The minimum atomic E-state index is -0.000387. The van der Waals surface area contributed by atoms with Gasteiger partial charge >= 0.3 is 0 Å². The number of amides is 1. The van der Waals surface area contributed by atoms with Gasteiger partial charge in [0, 0.05) is 17.5 Å². The molecule has 0 radical (unpaired) electrons. The summed E-state index contributed by atoms with van der Waals surface area (Å²) < 4.78 is 0. The smallest absolute Gasteiger partial charge is 0.220 e. The van der Waals surface area contributed by atoms with E-state index >= 15 is 0 Å². The van der Waals surface area contributed by atoms with Crippen LogP contribution in [0.2, 0.25) is 5.02 Å². The lowest BCUT2D eigenvalue weighted by Gasteiger charge is -2.28. The maximum atomic E-state index is 12.1. The van der Waals surface area contributed by atoms with Crippen LogP contribution in [0.25, 0.3) is 0 Å². The van der Waals surface area contributed by atoms with Gasteiger partial charge in [0.1, 0.15) is 0 Å². The molecule has 2 rings (SSSR count). The average Bonchev–Trinajstić information content (AvgIpc) is 2.42. The van der Waals surface area contributed by atoms with E-state index in [4.69, 9.17) is 17.3 Å². The average molecular weight is 331 g/mol. The van der Waals surface area contributed by atoms with Crippen LogP contribution in [0.4, 0.5) is 0 Å². The van der Waals surface area contributed by atoms with Crippen LogP contribution in [0.5, 0.6) is 0 Å².